The van der Waals surface area contributed by atoms with Crippen LogP contribution in [0, 0.1) is 0 Å². The number of benzene rings is 1. The molecule has 0 bridgehead atoms. The van der Waals surface area contributed by atoms with E-state index in [0.717, 1.165) is 17.0 Å². The summed E-state index contributed by atoms with van der Waals surface area (Å²) < 4.78 is 16.2. The maximum Gasteiger partial charge on any atom is 0.338 e. The number of amidine groups is 1. The Balaban J connectivity index is 1.63. The number of carbonyl (C=O) groups excluding carboxylic acids is 2. The predicted molar refractivity (Wildman–Crippen MR) is 137 cm³/mol. The second-order valence-electron chi connectivity index (χ2n) is 8.04. The van der Waals surface area contributed by atoms with Crippen LogP contribution in [-0.4, -0.2) is 54.4 Å². The molecule has 9 nitrogen and oxygen atoms in total. The fraction of sp³-hybridized carbons (Fsp3) is 0.308. The Labute approximate surface area is 214 Å². The van der Waals surface area contributed by atoms with Gasteiger partial charge in [-0.1, -0.05) is 36.0 Å². The number of aliphatic imine (C=N–C) groups is 1. The number of nitrogens with one attached hydrogen (secondary N) is 1. The zero-order valence-corrected chi connectivity index (χ0v) is 21.2. The lowest BCUT2D eigenvalue weighted by Gasteiger charge is -2.36. The number of nitrogens with zero attached hydrogens (tertiary/aromatic N) is 3. The first-order valence-corrected chi connectivity index (χ1v) is 12.3. The molecule has 0 spiro atoms. The molecule has 0 radical (unpaired) electrons. The fourth-order valence-corrected chi connectivity index (χ4v) is 5.00. The largest absolute Gasteiger partial charge is 0.496 e. The van der Waals surface area contributed by atoms with Gasteiger partial charge in [-0.05, 0) is 30.5 Å². The van der Waals surface area contributed by atoms with Gasteiger partial charge in [0.05, 0.1) is 49.7 Å². The minimum atomic E-state index is -0.575. The van der Waals surface area contributed by atoms with Crippen molar-refractivity contribution in [2.24, 2.45) is 4.99 Å². The number of hydrogen-bond acceptors (Lipinski definition) is 9. The van der Waals surface area contributed by atoms with Gasteiger partial charge in [0.25, 0.3) is 0 Å². The molecule has 4 rings (SSSR count). The Morgan fingerprint density at radius 3 is 2.67 bits per heavy atom. The van der Waals surface area contributed by atoms with Crippen LogP contribution in [0.25, 0.3) is 0 Å². The molecule has 1 aromatic carbocycles. The molecule has 36 heavy (non-hydrogen) atoms. The summed E-state index contributed by atoms with van der Waals surface area (Å²) in [6.07, 6.45) is 1.80. The number of amides is 1. The van der Waals surface area contributed by atoms with Crippen molar-refractivity contribution in [1.29, 1.82) is 0 Å². The number of thioether (sulfide) groups is 1. The van der Waals surface area contributed by atoms with Crippen molar-refractivity contribution >= 4 is 28.8 Å². The second-order valence-corrected chi connectivity index (χ2v) is 8.87. The number of ether oxygens (including phenoxy) is 3. The number of rotatable bonds is 10. The zero-order valence-electron chi connectivity index (χ0n) is 20.4. The number of aromatic nitrogens is 1. The molecule has 0 unspecified atom stereocenters. The van der Waals surface area contributed by atoms with Crippen LogP contribution in [0.1, 0.15) is 30.6 Å². The first-order chi connectivity index (χ1) is 17.5. The summed E-state index contributed by atoms with van der Waals surface area (Å²) in [5.74, 6) is -0.0308. The number of hydrogen-bond donors (Lipinski definition) is 1. The fourth-order valence-electron chi connectivity index (χ4n) is 4.03. The molecule has 0 fully saturated rings. The van der Waals surface area contributed by atoms with Gasteiger partial charge in [0.15, 0.2) is 5.17 Å². The number of fused-ring (bicyclic) bond motifs is 1. The van der Waals surface area contributed by atoms with E-state index in [9.17, 15) is 9.59 Å². The van der Waals surface area contributed by atoms with Crippen molar-refractivity contribution in [3.05, 3.63) is 82.3 Å². The van der Waals surface area contributed by atoms with E-state index in [1.54, 1.807) is 27.3 Å². The predicted octanol–water partition coefficient (Wildman–Crippen LogP) is 3.56. The van der Waals surface area contributed by atoms with E-state index in [4.69, 9.17) is 14.2 Å². The molecule has 1 amide bonds. The highest BCUT2D eigenvalue weighted by atomic mass is 32.2. The van der Waals surface area contributed by atoms with Gasteiger partial charge in [0, 0.05) is 24.6 Å². The summed E-state index contributed by atoms with van der Waals surface area (Å²) in [6.45, 7) is 2.52. The summed E-state index contributed by atoms with van der Waals surface area (Å²) in [6, 6.07) is 12.5. The lowest BCUT2D eigenvalue weighted by atomic mass is 9.93. The molecule has 10 heteroatoms. The Morgan fingerprint density at radius 2 is 1.92 bits per heavy atom. The van der Waals surface area contributed by atoms with Crippen LogP contribution in [-0.2, 0) is 25.6 Å². The van der Waals surface area contributed by atoms with Crippen molar-refractivity contribution in [3.8, 4) is 5.75 Å². The number of pyridine rings is 1. The third-order valence-electron chi connectivity index (χ3n) is 5.71. The third kappa shape index (κ3) is 5.60. The van der Waals surface area contributed by atoms with E-state index in [0.29, 0.717) is 28.7 Å². The highest BCUT2D eigenvalue weighted by Gasteiger charge is 2.42. The van der Waals surface area contributed by atoms with Gasteiger partial charge < -0.3 is 24.4 Å². The van der Waals surface area contributed by atoms with E-state index in [1.807, 2.05) is 52.8 Å². The molecule has 3 heterocycles. The normalized spacial score (nSPS) is 16.8. The molecule has 1 atom stereocenters. The SMILES string of the molecule is COCCOC(=O)C1=C(C)N=C2SC=C(CC(=O)NCc3ccccn3)N2[C@@H]1c1ccccc1OC. The van der Waals surface area contributed by atoms with E-state index in [-0.39, 0.29) is 25.5 Å². The number of para-hydroxylation sites is 1. The maximum absolute atomic E-state index is 13.3. The van der Waals surface area contributed by atoms with Crippen LogP contribution in [0.3, 0.4) is 0 Å². The summed E-state index contributed by atoms with van der Waals surface area (Å²) in [5.41, 5.74) is 3.21. The van der Waals surface area contributed by atoms with Crippen LogP contribution in [0.4, 0.5) is 0 Å². The van der Waals surface area contributed by atoms with Crippen molar-refractivity contribution in [3.63, 3.8) is 0 Å². The number of methoxy groups -OCH3 is 2. The number of allylic oxidation sites excluding steroid dienone is 1. The standard InChI is InChI=1S/C26H28N4O5S/c1-17-23(25(32)35-13-12-33-2)24(20-9-4-5-10-21(20)34-3)30-19(16-36-26(30)29-17)14-22(31)28-15-18-8-6-7-11-27-18/h4-11,16,24H,12-15H2,1-3H3,(H,28,31)/t24-/m1/s1. The molecule has 2 aliphatic heterocycles. The zero-order chi connectivity index (χ0) is 25.5. The summed E-state index contributed by atoms with van der Waals surface area (Å²) >= 11 is 1.42. The van der Waals surface area contributed by atoms with E-state index in [1.165, 1.54) is 11.8 Å². The monoisotopic (exact) mass is 508 g/mol. The molecule has 188 valence electrons. The Hall–Kier alpha value is -3.63. The number of esters is 1. The molecule has 0 saturated heterocycles. The summed E-state index contributed by atoms with van der Waals surface area (Å²) in [5, 5.41) is 5.50. The van der Waals surface area contributed by atoms with Crippen LogP contribution in [0.5, 0.6) is 5.75 Å². The Kier molecular flexibility index (Phi) is 8.40. The topological polar surface area (TPSA) is 102 Å². The van der Waals surface area contributed by atoms with Crippen LogP contribution in [0.2, 0.25) is 0 Å². The van der Waals surface area contributed by atoms with Crippen LogP contribution in [0.15, 0.2) is 76.0 Å². The molecule has 2 aromatic rings. The molecular weight excluding hydrogens is 480 g/mol. The summed E-state index contributed by atoms with van der Waals surface area (Å²) in [4.78, 5) is 37.0. The third-order valence-corrected chi connectivity index (χ3v) is 6.60. The van der Waals surface area contributed by atoms with Gasteiger partial charge in [-0.3, -0.25) is 9.78 Å². The van der Waals surface area contributed by atoms with Gasteiger partial charge in [-0.15, -0.1) is 0 Å². The quantitative estimate of drug-likeness (QED) is 0.384. The average molecular weight is 509 g/mol. The minimum Gasteiger partial charge on any atom is -0.496 e. The Morgan fingerprint density at radius 1 is 1.11 bits per heavy atom. The van der Waals surface area contributed by atoms with Gasteiger partial charge >= 0.3 is 5.97 Å². The minimum absolute atomic E-state index is 0.107. The van der Waals surface area contributed by atoms with Gasteiger partial charge in [0.1, 0.15) is 12.4 Å². The van der Waals surface area contributed by atoms with Crippen LogP contribution >= 0.6 is 11.8 Å². The van der Waals surface area contributed by atoms with Gasteiger partial charge in [-0.25, -0.2) is 9.79 Å². The molecule has 0 saturated carbocycles. The molecular formula is C26H28N4O5S. The average Bonchev–Trinajstić information content (AvgIpc) is 3.29. The van der Waals surface area contributed by atoms with Crippen molar-refractivity contribution < 1.29 is 23.8 Å². The Bertz CT molecular complexity index is 1210. The second kappa shape index (κ2) is 11.9. The molecule has 1 aromatic heterocycles. The van der Waals surface area contributed by atoms with E-state index in [2.05, 4.69) is 15.3 Å². The van der Waals surface area contributed by atoms with Gasteiger partial charge in [-0.2, -0.15) is 0 Å². The molecule has 0 aliphatic carbocycles. The maximum atomic E-state index is 13.3. The van der Waals surface area contributed by atoms with E-state index < -0.39 is 12.0 Å². The smallest absolute Gasteiger partial charge is 0.338 e. The van der Waals surface area contributed by atoms with Gasteiger partial charge in [0.2, 0.25) is 5.91 Å². The molecule has 1 N–H and O–H groups in total. The highest BCUT2D eigenvalue weighted by molar-refractivity contribution is 8.16. The first-order valence-electron chi connectivity index (χ1n) is 11.4. The lowest BCUT2D eigenvalue weighted by molar-refractivity contribution is -0.141. The number of carbonyl (C=O) groups is 2. The van der Waals surface area contributed by atoms with E-state index >= 15 is 0 Å². The van der Waals surface area contributed by atoms with Crippen LogP contribution < -0.4 is 10.1 Å². The first kappa shape index (κ1) is 25.5. The highest BCUT2D eigenvalue weighted by Crippen LogP contribution is 2.46. The van der Waals surface area contributed by atoms with Crippen molar-refractivity contribution in [2.45, 2.75) is 25.9 Å². The van der Waals surface area contributed by atoms with Crippen molar-refractivity contribution in [2.75, 3.05) is 27.4 Å². The lowest BCUT2D eigenvalue weighted by Crippen LogP contribution is -2.38. The van der Waals surface area contributed by atoms with Crippen molar-refractivity contribution in [1.82, 2.24) is 15.2 Å². The molecule has 2 aliphatic rings. The summed E-state index contributed by atoms with van der Waals surface area (Å²) in [7, 11) is 3.13.